The SMILES string of the molecule is Cc1[nH]c2ccccc2c1C(=O)CN(C1CC1)[C@@H](C)CS(C)(=O)=O. The second kappa shape index (κ2) is 6.33. The van der Waals surface area contributed by atoms with Crippen molar-refractivity contribution in [3.63, 3.8) is 0 Å². The van der Waals surface area contributed by atoms with Gasteiger partial charge in [-0.1, -0.05) is 18.2 Å². The van der Waals surface area contributed by atoms with Crippen LogP contribution in [0.25, 0.3) is 10.9 Å². The van der Waals surface area contributed by atoms with Crippen LogP contribution < -0.4 is 0 Å². The number of sulfone groups is 1. The van der Waals surface area contributed by atoms with Gasteiger partial charge in [-0.15, -0.1) is 0 Å². The van der Waals surface area contributed by atoms with Crippen molar-refractivity contribution in [2.75, 3.05) is 18.6 Å². The van der Waals surface area contributed by atoms with E-state index in [0.29, 0.717) is 6.04 Å². The van der Waals surface area contributed by atoms with Crippen LogP contribution >= 0.6 is 0 Å². The van der Waals surface area contributed by atoms with Gasteiger partial charge in [-0.2, -0.15) is 0 Å². The van der Waals surface area contributed by atoms with Gasteiger partial charge < -0.3 is 4.98 Å². The molecule has 1 heterocycles. The van der Waals surface area contributed by atoms with Crippen LogP contribution in [-0.2, 0) is 9.84 Å². The molecule has 1 aliphatic carbocycles. The molecule has 1 fully saturated rings. The highest BCUT2D eigenvalue weighted by Gasteiger charge is 2.35. The van der Waals surface area contributed by atoms with Gasteiger partial charge in [-0.25, -0.2) is 8.42 Å². The highest BCUT2D eigenvalue weighted by molar-refractivity contribution is 7.90. The van der Waals surface area contributed by atoms with Crippen LogP contribution in [0.1, 0.15) is 35.8 Å². The summed E-state index contributed by atoms with van der Waals surface area (Å²) in [5.41, 5.74) is 2.55. The molecule has 1 atom stereocenters. The first kappa shape index (κ1) is 17.2. The molecule has 0 bridgehead atoms. The number of aromatic nitrogens is 1. The molecule has 24 heavy (non-hydrogen) atoms. The average Bonchev–Trinajstić information content (AvgIpc) is 3.24. The summed E-state index contributed by atoms with van der Waals surface area (Å²) in [6, 6.07) is 7.96. The molecule has 0 saturated heterocycles. The van der Waals surface area contributed by atoms with Gasteiger partial charge in [0.15, 0.2) is 5.78 Å². The van der Waals surface area contributed by atoms with Crippen molar-refractivity contribution in [1.29, 1.82) is 0 Å². The first-order valence-electron chi connectivity index (χ1n) is 8.30. The van der Waals surface area contributed by atoms with E-state index in [1.807, 2.05) is 38.1 Å². The molecule has 1 aliphatic rings. The van der Waals surface area contributed by atoms with E-state index >= 15 is 0 Å². The van der Waals surface area contributed by atoms with Crippen molar-refractivity contribution in [3.8, 4) is 0 Å². The lowest BCUT2D eigenvalue weighted by molar-refractivity contribution is 0.0899. The number of benzene rings is 1. The van der Waals surface area contributed by atoms with E-state index in [9.17, 15) is 13.2 Å². The molecule has 0 spiro atoms. The maximum atomic E-state index is 12.9. The summed E-state index contributed by atoms with van der Waals surface area (Å²) >= 11 is 0. The molecule has 0 amide bonds. The van der Waals surface area contributed by atoms with Crippen LogP contribution in [0.4, 0.5) is 0 Å². The third-order valence-electron chi connectivity index (χ3n) is 4.62. The van der Waals surface area contributed by atoms with Gasteiger partial charge in [-0.3, -0.25) is 9.69 Å². The second-order valence-electron chi connectivity index (χ2n) is 6.94. The van der Waals surface area contributed by atoms with E-state index in [1.54, 1.807) is 0 Å². The Balaban J connectivity index is 1.84. The molecule has 6 heteroatoms. The predicted octanol–water partition coefficient (Wildman–Crippen LogP) is 2.56. The van der Waals surface area contributed by atoms with Gasteiger partial charge in [0.1, 0.15) is 9.84 Å². The molecule has 1 saturated carbocycles. The molecule has 0 unspecified atom stereocenters. The summed E-state index contributed by atoms with van der Waals surface area (Å²) in [7, 11) is -3.07. The zero-order chi connectivity index (χ0) is 17.5. The van der Waals surface area contributed by atoms with Crippen molar-refractivity contribution < 1.29 is 13.2 Å². The zero-order valence-corrected chi connectivity index (χ0v) is 15.2. The van der Waals surface area contributed by atoms with E-state index in [-0.39, 0.29) is 24.1 Å². The fourth-order valence-corrected chi connectivity index (χ4v) is 4.53. The number of carbonyl (C=O) groups is 1. The smallest absolute Gasteiger partial charge is 0.179 e. The number of nitrogens with zero attached hydrogens (tertiary/aromatic N) is 1. The zero-order valence-electron chi connectivity index (χ0n) is 14.4. The summed E-state index contributed by atoms with van der Waals surface area (Å²) in [6.07, 6.45) is 3.32. The molecule has 130 valence electrons. The van der Waals surface area contributed by atoms with Crippen LogP contribution in [-0.4, -0.2) is 54.7 Å². The van der Waals surface area contributed by atoms with Crippen LogP contribution in [0.2, 0.25) is 0 Å². The number of Topliss-reactive ketones (excluding diaryl/α,β-unsaturated/α-hetero) is 1. The molecule has 1 N–H and O–H groups in total. The fourth-order valence-electron chi connectivity index (χ4n) is 3.47. The molecule has 2 aromatic rings. The lowest BCUT2D eigenvalue weighted by atomic mass is 10.1. The standard InChI is InChI=1S/C18H24N2O3S/c1-12(11-24(3,22)23)20(14-8-9-14)10-17(21)18-13(2)19-16-7-5-4-6-15(16)18/h4-7,12,14,19H,8-11H2,1-3H3/t12-/m0/s1. The number of nitrogens with one attached hydrogen (secondary N) is 1. The van der Waals surface area contributed by atoms with E-state index in [4.69, 9.17) is 0 Å². The summed E-state index contributed by atoms with van der Waals surface area (Å²) in [4.78, 5) is 18.3. The Bertz CT molecular complexity index is 866. The largest absolute Gasteiger partial charge is 0.358 e. The molecule has 1 aromatic carbocycles. The normalized spacial score (nSPS) is 16.7. The van der Waals surface area contributed by atoms with Crippen LogP contribution in [0.15, 0.2) is 24.3 Å². The summed E-state index contributed by atoms with van der Waals surface area (Å²) in [5, 5.41) is 0.937. The molecule has 0 aliphatic heterocycles. The Morgan fingerprint density at radius 3 is 2.62 bits per heavy atom. The summed E-state index contributed by atoms with van der Waals surface area (Å²) < 4.78 is 23.2. The number of aromatic amines is 1. The van der Waals surface area contributed by atoms with Gasteiger partial charge in [0.2, 0.25) is 0 Å². The van der Waals surface area contributed by atoms with Crippen LogP contribution in [0, 0.1) is 6.92 Å². The fraction of sp³-hybridized carbons (Fsp3) is 0.500. The molecule has 1 aromatic heterocycles. The Labute approximate surface area is 143 Å². The predicted molar refractivity (Wildman–Crippen MR) is 96.3 cm³/mol. The Morgan fingerprint density at radius 1 is 1.33 bits per heavy atom. The first-order chi connectivity index (χ1) is 11.3. The van der Waals surface area contributed by atoms with Crippen molar-refractivity contribution in [3.05, 3.63) is 35.5 Å². The highest BCUT2D eigenvalue weighted by atomic mass is 32.2. The average molecular weight is 348 g/mol. The first-order valence-corrected chi connectivity index (χ1v) is 10.4. The van der Waals surface area contributed by atoms with E-state index in [2.05, 4.69) is 9.88 Å². The van der Waals surface area contributed by atoms with Gasteiger partial charge in [0.25, 0.3) is 0 Å². The maximum absolute atomic E-state index is 12.9. The number of ketones is 1. The van der Waals surface area contributed by atoms with Gasteiger partial charge >= 0.3 is 0 Å². The van der Waals surface area contributed by atoms with Crippen molar-refractivity contribution in [1.82, 2.24) is 9.88 Å². The van der Waals surface area contributed by atoms with Crippen molar-refractivity contribution in [2.45, 2.75) is 38.8 Å². The maximum Gasteiger partial charge on any atom is 0.179 e. The number of hydrogen-bond donors (Lipinski definition) is 1. The molecular formula is C18H24N2O3S. The minimum absolute atomic E-state index is 0.0530. The lowest BCUT2D eigenvalue weighted by Gasteiger charge is -2.28. The number of rotatable bonds is 7. The topological polar surface area (TPSA) is 70.2 Å². The highest BCUT2D eigenvalue weighted by Crippen LogP contribution is 2.30. The minimum atomic E-state index is -3.07. The third kappa shape index (κ3) is 3.70. The molecular weight excluding hydrogens is 324 g/mol. The van der Waals surface area contributed by atoms with E-state index < -0.39 is 9.84 Å². The minimum Gasteiger partial charge on any atom is -0.358 e. The molecule has 0 radical (unpaired) electrons. The van der Waals surface area contributed by atoms with Gasteiger partial charge in [0, 0.05) is 40.5 Å². The van der Waals surface area contributed by atoms with E-state index in [1.165, 1.54) is 6.26 Å². The number of aryl methyl sites for hydroxylation is 1. The Hall–Kier alpha value is -1.66. The van der Waals surface area contributed by atoms with Crippen LogP contribution in [0.3, 0.4) is 0 Å². The second-order valence-corrected chi connectivity index (χ2v) is 9.12. The van der Waals surface area contributed by atoms with Gasteiger partial charge in [-0.05, 0) is 32.8 Å². The van der Waals surface area contributed by atoms with E-state index in [0.717, 1.165) is 35.0 Å². The monoisotopic (exact) mass is 348 g/mol. The van der Waals surface area contributed by atoms with Gasteiger partial charge in [0.05, 0.1) is 12.3 Å². The molecule has 5 nitrogen and oxygen atoms in total. The number of hydrogen-bond acceptors (Lipinski definition) is 4. The summed E-state index contributed by atoms with van der Waals surface area (Å²) in [5.74, 6) is 0.140. The Kier molecular flexibility index (Phi) is 4.53. The number of para-hydroxylation sites is 1. The number of H-pyrrole nitrogens is 1. The van der Waals surface area contributed by atoms with Crippen molar-refractivity contribution in [2.24, 2.45) is 0 Å². The van der Waals surface area contributed by atoms with Crippen molar-refractivity contribution >= 4 is 26.5 Å². The third-order valence-corrected chi connectivity index (χ3v) is 5.71. The lowest BCUT2D eigenvalue weighted by Crippen LogP contribution is -2.42. The number of carbonyl (C=O) groups excluding carboxylic acids is 1. The van der Waals surface area contributed by atoms with Crippen LogP contribution in [0.5, 0.6) is 0 Å². The molecule has 3 rings (SSSR count). The summed E-state index contributed by atoms with van der Waals surface area (Å²) in [6.45, 7) is 4.08. The quantitative estimate of drug-likeness (QED) is 0.781. The number of fused-ring (bicyclic) bond motifs is 1. The Morgan fingerprint density at radius 2 is 2.00 bits per heavy atom.